The SMILES string of the molecule is CS(=O)(=O)c1nc2c(s1)c(O)c(C1=NS(O)(O)c3ccccc3N1)c(=O)n2Cc1ccccc1. The van der Waals surface area contributed by atoms with Crippen LogP contribution in [0.4, 0.5) is 5.69 Å². The number of para-hydroxylation sites is 1. The topological polar surface area (TPSA) is 154 Å². The Balaban J connectivity index is 1.80. The molecule has 5 rings (SSSR count). The number of amidine groups is 1. The molecular weight excluding hydrogens is 500 g/mol. The van der Waals surface area contributed by atoms with E-state index < -0.39 is 31.9 Å². The van der Waals surface area contributed by atoms with Gasteiger partial charge in [0.2, 0.25) is 14.2 Å². The van der Waals surface area contributed by atoms with Crippen LogP contribution in [0.2, 0.25) is 0 Å². The molecule has 0 unspecified atom stereocenters. The third kappa shape index (κ3) is 3.76. The normalized spacial score (nSPS) is 15.9. The van der Waals surface area contributed by atoms with Crippen molar-refractivity contribution >= 4 is 53.8 Å². The summed E-state index contributed by atoms with van der Waals surface area (Å²) in [5.41, 5.74) is 0.0253. The van der Waals surface area contributed by atoms with Crippen molar-refractivity contribution in [2.24, 2.45) is 4.40 Å². The molecule has 10 nitrogen and oxygen atoms in total. The molecule has 34 heavy (non-hydrogen) atoms. The van der Waals surface area contributed by atoms with Gasteiger partial charge in [-0.15, -0.1) is 4.40 Å². The molecule has 0 fully saturated rings. The average Bonchev–Trinajstić information content (AvgIpc) is 3.24. The predicted molar refractivity (Wildman–Crippen MR) is 132 cm³/mol. The molecule has 1 aliphatic heterocycles. The Morgan fingerprint density at radius 2 is 1.76 bits per heavy atom. The van der Waals surface area contributed by atoms with Gasteiger partial charge in [-0.3, -0.25) is 18.5 Å². The van der Waals surface area contributed by atoms with Gasteiger partial charge < -0.3 is 10.4 Å². The number of aromatic nitrogens is 2. The molecule has 0 bridgehead atoms. The zero-order chi connectivity index (χ0) is 24.3. The fourth-order valence-corrected chi connectivity index (χ4v) is 6.63. The second-order valence-corrected chi connectivity index (χ2v) is 12.4. The van der Waals surface area contributed by atoms with Gasteiger partial charge in [-0.2, -0.15) is 0 Å². The lowest BCUT2D eigenvalue weighted by molar-refractivity contribution is 0.478. The number of thiazole rings is 1. The zero-order valence-electron chi connectivity index (χ0n) is 17.5. The van der Waals surface area contributed by atoms with Crippen molar-refractivity contribution < 1.29 is 22.6 Å². The number of anilines is 1. The van der Waals surface area contributed by atoms with E-state index >= 15 is 0 Å². The van der Waals surface area contributed by atoms with Gasteiger partial charge in [0.1, 0.15) is 15.2 Å². The molecule has 13 heteroatoms. The van der Waals surface area contributed by atoms with Crippen molar-refractivity contribution in [3.8, 4) is 5.75 Å². The van der Waals surface area contributed by atoms with Crippen molar-refractivity contribution in [3.63, 3.8) is 0 Å². The second kappa shape index (κ2) is 7.92. The molecule has 1 aliphatic rings. The number of sulfone groups is 1. The Kier molecular flexibility index (Phi) is 5.26. The van der Waals surface area contributed by atoms with E-state index in [2.05, 4.69) is 14.7 Å². The van der Waals surface area contributed by atoms with Crippen molar-refractivity contribution in [1.82, 2.24) is 9.55 Å². The van der Waals surface area contributed by atoms with Crippen LogP contribution in [0, 0.1) is 0 Å². The van der Waals surface area contributed by atoms with Gasteiger partial charge in [-0.05, 0) is 17.7 Å². The maximum Gasteiger partial charge on any atom is 0.267 e. The summed E-state index contributed by atoms with van der Waals surface area (Å²) in [5, 5.41) is 13.9. The fourth-order valence-electron chi connectivity index (χ4n) is 3.60. The first-order chi connectivity index (χ1) is 16.1. The van der Waals surface area contributed by atoms with E-state index in [0.29, 0.717) is 5.69 Å². The standard InChI is InChI=1S/C21H18N4O6S3/c1-33(28,29)21-23-19-17(32-21)16(26)15(20(27)25(19)11-12-7-3-2-4-8-12)18-22-13-9-5-6-10-14(13)34(30,31)24-18/h2-10,26,30-31H,11H2,1H3,(H,22,24). The molecule has 0 amide bonds. The number of nitrogens with zero attached hydrogens (tertiary/aromatic N) is 3. The van der Waals surface area contributed by atoms with E-state index in [1.807, 2.05) is 6.07 Å². The van der Waals surface area contributed by atoms with Crippen LogP contribution in [0.5, 0.6) is 5.75 Å². The van der Waals surface area contributed by atoms with Crippen molar-refractivity contribution in [2.45, 2.75) is 15.8 Å². The molecular formula is C21H18N4O6S3. The summed E-state index contributed by atoms with van der Waals surface area (Å²) < 4.78 is 50.5. The lowest BCUT2D eigenvalue weighted by Crippen LogP contribution is -2.32. The smallest absolute Gasteiger partial charge is 0.267 e. The van der Waals surface area contributed by atoms with Crippen LogP contribution in [-0.4, -0.2) is 44.3 Å². The Bertz CT molecular complexity index is 1640. The molecule has 3 heterocycles. The lowest BCUT2D eigenvalue weighted by Gasteiger charge is -2.34. The molecule has 0 spiro atoms. The van der Waals surface area contributed by atoms with Crippen LogP contribution in [0.3, 0.4) is 0 Å². The monoisotopic (exact) mass is 518 g/mol. The average molecular weight is 519 g/mol. The predicted octanol–water partition coefficient (Wildman–Crippen LogP) is 3.51. The highest BCUT2D eigenvalue weighted by atomic mass is 32.3. The fraction of sp³-hybridized carbons (Fsp3) is 0.0952. The minimum atomic E-state index is -3.72. The Morgan fingerprint density at radius 1 is 1.09 bits per heavy atom. The van der Waals surface area contributed by atoms with Gasteiger partial charge in [-0.25, -0.2) is 13.4 Å². The molecule has 2 aromatic carbocycles. The number of hydrogen-bond donors (Lipinski definition) is 4. The van der Waals surface area contributed by atoms with Crippen LogP contribution in [-0.2, 0) is 16.4 Å². The Morgan fingerprint density at radius 3 is 2.47 bits per heavy atom. The van der Waals surface area contributed by atoms with Crippen LogP contribution >= 0.6 is 22.1 Å². The lowest BCUT2D eigenvalue weighted by atomic mass is 10.1. The van der Waals surface area contributed by atoms with Crippen LogP contribution < -0.4 is 10.9 Å². The molecule has 4 aromatic rings. The van der Waals surface area contributed by atoms with Crippen molar-refractivity contribution in [2.75, 3.05) is 11.6 Å². The summed E-state index contributed by atoms with van der Waals surface area (Å²) in [6.45, 7) is 0.0382. The minimum Gasteiger partial charge on any atom is -0.505 e. The van der Waals surface area contributed by atoms with E-state index in [0.717, 1.165) is 23.2 Å². The number of hydrogen-bond acceptors (Lipinski definition) is 10. The highest BCUT2D eigenvalue weighted by molar-refractivity contribution is 8.23. The van der Waals surface area contributed by atoms with Crippen molar-refractivity contribution in [3.05, 3.63) is 76.1 Å². The van der Waals surface area contributed by atoms with Gasteiger partial charge in [0.05, 0.1) is 12.2 Å². The van der Waals surface area contributed by atoms with Gasteiger partial charge in [0.15, 0.2) is 17.2 Å². The summed E-state index contributed by atoms with van der Waals surface area (Å²) in [6, 6.07) is 15.4. The van der Waals surface area contributed by atoms with E-state index in [9.17, 15) is 27.4 Å². The molecule has 176 valence electrons. The summed E-state index contributed by atoms with van der Waals surface area (Å²) in [7, 11) is -7.38. The molecule has 0 saturated heterocycles. The summed E-state index contributed by atoms with van der Waals surface area (Å²) in [4.78, 5) is 17.9. The zero-order valence-corrected chi connectivity index (χ0v) is 20.0. The maximum atomic E-state index is 13.6. The summed E-state index contributed by atoms with van der Waals surface area (Å²) in [6.07, 6.45) is 0.987. The van der Waals surface area contributed by atoms with E-state index in [4.69, 9.17) is 0 Å². The van der Waals surface area contributed by atoms with Gasteiger partial charge in [0, 0.05) is 6.26 Å². The first-order valence-corrected chi connectivity index (χ1v) is 14.0. The largest absolute Gasteiger partial charge is 0.505 e. The first-order valence-electron chi connectivity index (χ1n) is 9.81. The Labute approximate surface area is 199 Å². The number of benzene rings is 2. The van der Waals surface area contributed by atoms with Crippen LogP contribution in [0.15, 0.2) is 73.0 Å². The molecule has 0 saturated carbocycles. The molecule has 0 aliphatic carbocycles. The van der Waals surface area contributed by atoms with E-state index in [1.165, 1.54) is 10.6 Å². The maximum absolute atomic E-state index is 13.6. The first kappa shape index (κ1) is 22.6. The van der Waals surface area contributed by atoms with Gasteiger partial charge >= 0.3 is 0 Å². The molecule has 4 N–H and O–H groups in total. The van der Waals surface area contributed by atoms with E-state index in [1.54, 1.807) is 42.5 Å². The third-order valence-corrected chi connectivity index (χ3v) is 9.26. The summed E-state index contributed by atoms with van der Waals surface area (Å²) >= 11 is 0.718. The van der Waals surface area contributed by atoms with Gasteiger partial charge in [-0.1, -0.05) is 64.6 Å². The highest BCUT2D eigenvalue weighted by Crippen LogP contribution is 2.55. The number of pyridine rings is 1. The third-order valence-electron chi connectivity index (χ3n) is 5.15. The number of rotatable bonds is 4. The highest BCUT2D eigenvalue weighted by Gasteiger charge is 2.31. The quantitative estimate of drug-likeness (QED) is 0.320. The number of fused-ring (bicyclic) bond motifs is 2. The molecule has 0 radical (unpaired) electrons. The number of nitrogens with one attached hydrogen (secondary N) is 1. The van der Waals surface area contributed by atoms with Gasteiger partial charge in [0.25, 0.3) is 5.56 Å². The minimum absolute atomic E-state index is 0.00365. The number of aromatic hydroxyl groups is 1. The van der Waals surface area contributed by atoms with Crippen LogP contribution in [0.1, 0.15) is 11.1 Å². The molecule has 0 atom stereocenters. The van der Waals surface area contributed by atoms with Crippen molar-refractivity contribution in [1.29, 1.82) is 0 Å². The second-order valence-electron chi connectivity index (χ2n) is 7.59. The van der Waals surface area contributed by atoms with E-state index in [-0.39, 0.29) is 37.5 Å². The van der Waals surface area contributed by atoms with Crippen LogP contribution in [0.25, 0.3) is 10.3 Å². The molecule has 2 aromatic heterocycles. The summed E-state index contributed by atoms with van der Waals surface area (Å²) in [5.74, 6) is -0.781. The Hall–Kier alpha value is -3.23.